The molecule has 1 aliphatic heterocycles. The second-order valence-electron chi connectivity index (χ2n) is 9.25. The van der Waals surface area contributed by atoms with Crippen LogP contribution in [0.4, 0.5) is 13.2 Å². The molecule has 1 saturated heterocycles. The zero-order chi connectivity index (χ0) is 24.8. The Bertz CT molecular complexity index is 1250. The molecule has 1 aliphatic rings. The Labute approximate surface area is 198 Å². The number of alkyl halides is 3. The summed E-state index contributed by atoms with van der Waals surface area (Å²) in [7, 11) is 0. The molecular weight excluding hydrogens is 473 g/mol. The van der Waals surface area contributed by atoms with Gasteiger partial charge in [0.2, 0.25) is 0 Å². The minimum absolute atomic E-state index is 0.0406. The molecule has 1 amide bonds. The molecule has 4 rings (SSSR count). The highest BCUT2D eigenvalue weighted by Crippen LogP contribution is 2.34. The molecule has 2 aromatic heterocycles. The normalized spacial score (nSPS) is 18.6. The molecule has 0 aliphatic carbocycles. The molecule has 1 unspecified atom stereocenters. The van der Waals surface area contributed by atoms with Gasteiger partial charge in [0.15, 0.2) is 17.0 Å². The molecule has 3 aromatic rings. The molecule has 34 heavy (non-hydrogen) atoms. The number of carbonyl (C=O) groups excluding carboxylic acids is 1. The molecule has 1 fully saturated rings. The molecular formula is C23H22ClF3N4O3. The number of halogens is 4. The maximum Gasteiger partial charge on any atom is 0.433 e. The fourth-order valence-corrected chi connectivity index (χ4v) is 4.28. The first kappa shape index (κ1) is 24.0. The third kappa shape index (κ3) is 4.86. The van der Waals surface area contributed by atoms with E-state index >= 15 is 0 Å². The molecule has 0 bridgehead atoms. The fraction of sp³-hybridized carbons (Fsp3) is 0.391. The number of hydrogen-bond acceptors (Lipinski definition) is 4. The van der Waals surface area contributed by atoms with E-state index in [1.165, 1.54) is 11.0 Å². The number of carboxylic acids is 1. The lowest BCUT2D eigenvalue weighted by Gasteiger charge is -2.29. The van der Waals surface area contributed by atoms with Gasteiger partial charge >= 0.3 is 12.1 Å². The van der Waals surface area contributed by atoms with Gasteiger partial charge in [-0.3, -0.25) is 9.59 Å². The first-order valence-corrected chi connectivity index (χ1v) is 11.0. The lowest BCUT2D eigenvalue weighted by Crippen LogP contribution is -2.40. The predicted molar refractivity (Wildman–Crippen MR) is 118 cm³/mol. The summed E-state index contributed by atoms with van der Waals surface area (Å²) >= 11 is 5.88. The van der Waals surface area contributed by atoms with Crippen LogP contribution in [0.25, 0.3) is 16.9 Å². The van der Waals surface area contributed by atoms with E-state index in [-0.39, 0.29) is 35.5 Å². The molecule has 0 radical (unpaired) electrons. The van der Waals surface area contributed by atoms with Crippen LogP contribution >= 0.6 is 11.6 Å². The van der Waals surface area contributed by atoms with Gasteiger partial charge in [-0.05, 0) is 36.5 Å². The molecule has 1 N–H and O–H groups in total. The van der Waals surface area contributed by atoms with Gasteiger partial charge in [0.05, 0.1) is 11.6 Å². The first-order valence-electron chi connectivity index (χ1n) is 10.6. The standard InChI is InChI=1S/C23H22ClF3N4O3/c1-22(2)8-7-14(21(33)34)11-30(12-22)20(32)17-10-19-28-16(13-3-5-15(24)6-4-13)9-18(23(25,26)27)31(19)29-17/h3-6,9-10,14H,7-8,11-12H2,1-2H3,(H,33,34). The summed E-state index contributed by atoms with van der Waals surface area (Å²) in [6.07, 6.45) is -3.75. The number of rotatable bonds is 3. The van der Waals surface area contributed by atoms with E-state index in [0.717, 1.165) is 6.07 Å². The summed E-state index contributed by atoms with van der Waals surface area (Å²) in [6, 6.07) is 8.25. The summed E-state index contributed by atoms with van der Waals surface area (Å²) in [5.41, 5.74) is -1.33. The van der Waals surface area contributed by atoms with Crippen LogP contribution in [-0.2, 0) is 11.0 Å². The molecule has 180 valence electrons. The van der Waals surface area contributed by atoms with Crippen molar-refractivity contribution in [3.05, 3.63) is 52.8 Å². The Morgan fingerprint density at radius 3 is 2.47 bits per heavy atom. The van der Waals surface area contributed by atoms with Crippen molar-refractivity contribution in [3.8, 4) is 11.3 Å². The third-order valence-corrected chi connectivity index (χ3v) is 6.19. The number of carbonyl (C=O) groups is 2. The number of hydrogen-bond donors (Lipinski definition) is 1. The van der Waals surface area contributed by atoms with Gasteiger partial charge in [-0.2, -0.15) is 18.3 Å². The fourth-order valence-electron chi connectivity index (χ4n) is 4.15. The van der Waals surface area contributed by atoms with Crippen molar-refractivity contribution in [2.45, 2.75) is 32.9 Å². The summed E-state index contributed by atoms with van der Waals surface area (Å²) in [4.78, 5) is 30.5. The van der Waals surface area contributed by atoms with Gasteiger partial charge in [-0.15, -0.1) is 0 Å². The Morgan fingerprint density at radius 2 is 1.85 bits per heavy atom. The SMILES string of the molecule is CC1(C)CCC(C(=O)O)CN(C(=O)c2cc3nc(-c4ccc(Cl)cc4)cc(C(F)(F)F)n3n2)C1. The van der Waals surface area contributed by atoms with Gasteiger partial charge in [-0.25, -0.2) is 9.50 Å². The van der Waals surface area contributed by atoms with Crippen molar-refractivity contribution in [2.24, 2.45) is 11.3 Å². The second-order valence-corrected chi connectivity index (χ2v) is 9.69. The Balaban J connectivity index is 1.78. The molecule has 1 aromatic carbocycles. The Hall–Kier alpha value is -3.14. The minimum atomic E-state index is -4.76. The maximum absolute atomic E-state index is 13.9. The molecule has 3 heterocycles. The summed E-state index contributed by atoms with van der Waals surface area (Å²) < 4.78 is 42.2. The van der Waals surface area contributed by atoms with E-state index in [0.29, 0.717) is 27.9 Å². The van der Waals surface area contributed by atoms with Gasteiger partial charge < -0.3 is 10.0 Å². The van der Waals surface area contributed by atoms with E-state index in [2.05, 4.69) is 10.1 Å². The summed E-state index contributed by atoms with van der Waals surface area (Å²) in [5.74, 6) is -2.41. The zero-order valence-electron chi connectivity index (χ0n) is 18.4. The smallest absolute Gasteiger partial charge is 0.433 e. The topological polar surface area (TPSA) is 87.8 Å². The van der Waals surface area contributed by atoms with Crippen LogP contribution < -0.4 is 0 Å². The first-order chi connectivity index (χ1) is 15.8. The van der Waals surface area contributed by atoms with Gasteiger partial charge in [0.1, 0.15) is 0 Å². The average molecular weight is 495 g/mol. The van der Waals surface area contributed by atoms with Crippen LogP contribution in [0, 0.1) is 11.3 Å². The van der Waals surface area contributed by atoms with Crippen LogP contribution in [0.5, 0.6) is 0 Å². The van der Waals surface area contributed by atoms with Gasteiger partial charge in [-0.1, -0.05) is 37.6 Å². The Kier molecular flexibility index (Phi) is 6.05. The second kappa shape index (κ2) is 8.57. The van der Waals surface area contributed by atoms with Crippen molar-refractivity contribution in [1.29, 1.82) is 0 Å². The maximum atomic E-state index is 13.9. The van der Waals surface area contributed by atoms with Gasteiger partial charge in [0.25, 0.3) is 5.91 Å². The number of carboxylic acid groups (broad SMARTS) is 1. The van der Waals surface area contributed by atoms with E-state index in [4.69, 9.17) is 11.6 Å². The minimum Gasteiger partial charge on any atom is -0.481 e. The largest absolute Gasteiger partial charge is 0.481 e. The predicted octanol–water partition coefficient (Wildman–Crippen LogP) is 5.03. The van der Waals surface area contributed by atoms with Crippen molar-refractivity contribution < 1.29 is 27.9 Å². The number of fused-ring (bicyclic) bond motifs is 1. The number of benzene rings is 1. The molecule has 1 atom stereocenters. The van der Waals surface area contributed by atoms with Crippen LogP contribution in [0.2, 0.25) is 5.02 Å². The lowest BCUT2D eigenvalue weighted by molar-refractivity contribution is -0.143. The van der Waals surface area contributed by atoms with Crippen molar-refractivity contribution in [3.63, 3.8) is 0 Å². The lowest BCUT2D eigenvalue weighted by atomic mass is 9.86. The highest BCUT2D eigenvalue weighted by atomic mass is 35.5. The molecule has 0 saturated carbocycles. The highest BCUT2D eigenvalue weighted by Gasteiger charge is 2.38. The quantitative estimate of drug-likeness (QED) is 0.551. The summed E-state index contributed by atoms with van der Waals surface area (Å²) in [5, 5.41) is 13.9. The molecule has 7 nitrogen and oxygen atoms in total. The zero-order valence-corrected chi connectivity index (χ0v) is 19.2. The van der Waals surface area contributed by atoms with E-state index < -0.39 is 29.7 Å². The van der Waals surface area contributed by atoms with Crippen LogP contribution in [0.15, 0.2) is 36.4 Å². The number of aromatic nitrogens is 3. The van der Waals surface area contributed by atoms with Gasteiger partial charge in [0, 0.05) is 29.7 Å². The number of likely N-dealkylation sites (tertiary alicyclic amines) is 1. The van der Waals surface area contributed by atoms with Crippen LogP contribution in [-0.4, -0.2) is 49.6 Å². The van der Waals surface area contributed by atoms with E-state index in [9.17, 15) is 27.9 Å². The monoisotopic (exact) mass is 494 g/mol. The average Bonchev–Trinajstić information content (AvgIpc) is 3.10. The number of aliphatic carboxylic acids is 1. The van der Waals surface area contributed by atoms with Crippen LogP contribution in [0.1, 0.15) is 42.9 Å². The van der Waals surface area contributed by atoms with Crippen molar-refractivity contribution in [2.75, 3.05) is 13.1 Å². The number of amides is 1. The Morgan fingerprint density at radius 1 is 1.18 bits per heavy atom. The summed E-state index contributed by atoms with van der Waals surface area (Å²) in [6.45, 7) is 4.06. The van der Waals surface area contributed by atoms with E-state index in [1.807, 2.05) is 13.8 Å². The highest BCUT2D eigenvalue weighted by molar-refractivity contribution is 6.30. The van der Waals surface area contributed by atoms with E-state index in [1.54, 1.807) is 24.3 Å². The van der Waals surface area contributed by atoms with Crippen molar-refractivity contribution >= 4 is 29.1 Å². The third-order valence-electron chi connectivity index (χ3n) is 5.94. The number of nitrogens with zero attached hydrogens (tertiary/aromatic N) is 4. The molecule has 11 heteroatoms. The molecule has 0 spiro atoms. The van der Waals surface area contributed by atoms with Crippen molar-refractivity contribution in [1.82, 2.24) is 19.5 Å². The van der Waals surface area contributed by atoms with Crippen LogP contribution in [0.3, 0.4) is 0 Å².